The minimum atomic E-state index is -0.526. The van der Waals surface area contributed by atoms with Crippen LogP contribution in [0.3, 0.4) is 0 Å². The van der Waals surface area contributed by atoms with Crippen LogP contribution in [0.4, 0.5) is 0 Å². The van der Waals surface area contributed by atoms with Crippen LogP contribution in [0.15, 0.2) is 54.9 Å². The van der Waals surface area contributed by atoms with Gasteiger partial charge in [-0.05, 0) is 30.7 Å². The van der Waals surface area contributed by atoms with Crippen molar-refractivity contribution in [3.63, 3.8) is 0 Å². The van der Waals surface area contributed by atoms with Crippen molar-refractivity contribution >= 4 is 10.9 Å². The van der Waals surface area contributed by atoms with Crippen molar-refractivity contribution in [1.29, 1.82) is 0 Å². The number of benzene rings is 1. The van der Waals surface area contributed by atoms with Gasteiger partial charge in [-0.25, -0.2) is 0 Å². The summed E-state index contributed by atoms with van der Waals surface area (Å²) in [6, 6.07) is 13.4. The molecule has 106 valence electrons. The lowest BCUT2D eigenvalue weighted by molar-refractivity contribution is 0.169. The summed E-state index contributed by atoms with van der Waals surface area (Å²) in [6.45, 7) is 1.91. The highest BCUT2D eigenvalue weighted by molar-refractivity contribution is 5.79. The Morgan fingerprint density at radius 2 is 1.86 bits per heavy atom. The summed E-state index contributed by atoms with van der Waals surface area (Å²) < 4.78 is 5.75. The van der Waals surface area contributed by atoms with Crippen LogP contribution < -0.4 is 4.74 Å². The van der Waals surface area contributed by atoms with Gasteiger partial charge >= 0.3 is 0 Å². The number of hydrogen-bond donors (Lipinski definition) is 1. The van der Waals surface area contributed by atoms with Crippen molar-refractivity contribution in [2.75, 3.05) is 0 Å². The summed E-state index contributed by atoms with van der Waals surface area (Å²) in [5.41, 5.74) is 1.59. The molecule has 4 nitrogen and oxygen atoms in total. The van der Waals surface area contributed by atoms with E-state index in [1.807, 2.05) is 37.3 Å². The summed E-state index contributed by atoms with van der Waals surface area (Å²) in [6.07, 6.45) is 3.42. The van der Waals surface area contributed by atoms with Crippen molar-refractivity contribution in [2.24, 2.45) is 0 Å². The van der Waals surface area contributed by atoms with Crippen molar-refractivity contribution < 1.29 is 9.84 Å². The van der Waals surface area contributed by atoms with Crippen LogP contribution in [-0.4, -0.2) is 15.1 Å². The highest BCUT2D eigenvalue weighted by Crippen LogP contribution is 2.24. The number of aliphatic hydroxyl groups is 1. The second-order valence-electron chi connectivity index (χ2n) is 4.81. The number of fused-ring (bicyclic) bond motifs is 1. The van der Waals surface area contributed by atoms with Crippen molar-refractivity contribution in [3.8, 4) is 11.5 Å². The van der Waals surface area contributed by atoms with Crippen molar-refractivity contribution in [2.45, 2.75) is 19.4 Å². The van der Waals surface area contributed by atoms with Gasteiger partial charge in [-0.2, -0.15) is 0 Å². The maximum atomic E-state index is 9.71. The fourth-order valence-corrected chi connectivity index (χ4v) is 2.10. The molecular weight excluding hydrogens is 264 g/mol. The molecule has 2 heterocycles. The average molecular weight is 280 g/mol. The zero-order valence-electron chi connectivity index (χ0n) is 11.7. The minimum absolute atomic E-state index is 0.526. The number of aliphatic hydroxyl groups excluding tert-OH is 1. The molecular formula is C17H16N2O2. The van der Waals surface area contributed by atoms with Gasteiger partial charge < -0.3 is 9.84 Å². The Morgan fingerprint density at radius 1 is 1.05 bits per heavy atom. The Kier molecular flexibility index (Phi) is 3.79. The van der Waals surface area contributed by atoms with Crippen LogP contribution in [0, 0.1) is 0 Å². The highest BCUT2D eigenvalue weighted by Gasteiger charge is 2.07. The van der Waals surface area contributed by atoms with E-state index < -0.39 is 6.10 Å². The Hall–Kier alpha value is -2.46. The summed E-state index contributed by atoms with van der Waals surface area (Å²) in [5.74, 6) is 1.29. The maximum Gasteiger partial charge on any atom is 0.146 e. The fraction of sp³-hybridized carbons (Fsp3) is 0.176. The molecule has 4 heteroatoms. The van der Waals surface area contributed by atoms with Crippen LogP contribution in [0.5, 0.6) is 11.5 Å². The molecule has 0 amide bonds. The fourth-order valence-electron chi connectivity index (χ4n) is 2.10. The molecule has 3 rings (SSSR count). The quantitative estimate of drug-likeness (QED) is 0.788. The number of rotatable bonds is 4. The van der Waals surface area contributed by atoms with Crippen LogP contribution in [0.2, 0.25) is 0 Å². The third-order valence-electron chi connectivity index (χ3n) is 3.29. The van der Waals surface area contributed by atoms with E-state index in [-0.39, 0.29) is 0 Å². The van der Waals surface area contributed by atoms with E-state index in [0.717, 1.165) is 10.9 Å². The first-order valence-corrected chi connectivity index (χ1v) is 6.93. The van der Waals surface area contributed by atoms with Crippen LogP contribution in [-0.2, 0) is 0 Å². The second kappa shape index (κ2) is 5.89. The van der Waals surface area contributed by atoms with E-state index in [4.69, 9.17) is 4.74 Å². The van der Waals surface area contributed by atoms with Gasteiger partial charge in [0.2, 0.25) is 0 Å². The average Bonchev–Trinajstić information content (AvgIpc) is 2.55. The van der Waals surface area contributed by atoms with E-state index in [9.17, 15) is 5.11 Å². The highest BCUT2D eigenvalue weighted by atomic mass is 16.5. The summed E-state index contributed by atoms with van der Waals surface area (Å²) >= 11 is 0. The van der Waals surface area contributed by atoms with E-state index in [2.05, 4.69) is 9.97 Å². The second-order valence-corrected chi connectivity index (χ2v) is 4.81. The Balaban J connectivity index is 1.81. The van der Waals surface area contributed by atoms with Gasteiger partial charge in [0.05, 0.1) is 29.7 Å². The number of pyridine rings is 2. The molecule has 0 spiro atoms. The number of ether oxygens (including phenoxy) is 1. The molecule has 0 unspecified atom stereocenters. The lowest BCUT2D eigenvalue weighted by Gasteiger charge is -2.09. The number of hydrogen-bond acceptors (Lipinski definition) is 4. The van der Waals surface area contributed by atoms with Gasteiger partial charge in [-0.15, -0.1) is 0 Å². The molecule has 0 bridgehead atoms. The molecule has 1 aromatic carbocycles. The third kappa shape index (κ3) is 3.01. The van der Waals surface area contributed by atoms with Gasteiger partial charge in [0.1, 0.15) is 11.5 Å². The van der Waals surface area contributed by atoms with Crippen LogP contribution in [0.25, 0.3) is 10.9 Å². The molecule has 1 atom stereocenters. The SMILES string of the molecule is CC[C@H](O)c1ccc(Oc2cnc3ccccc3c2)cn1. The van der Waals surface area contributed by atoms with Gasteiger partial charge in [0.15, 0.2) is 0 Å². The molecule has 0 aliphatic rings. The Bertz CT molecular complexity index is 741. The molecule has 0 fully saturated rings. The smallest absolute Gasteiger partial charge is 0.146 e. The first-order valence-electron chi connectivity index (χ1n) is 6.93. The van der Waals surface area contributed by atoms with E-state index in [0.29, 0.717) is 23.6 Å². The lowest BCUT2D eigenvalue weighted by atomic mass is 10.2. The zero-order valence-corrected chi connectivity index (χ0v) is 11.7. The molecule has 21 heavy (non-hydrogen) atoms. The predicted molar refractivity (Wildman–Crippen MR) is 81.3 cm³/mol. The standard InChI is InChI=1S/C17H16N2O2/c1-2-17(20)16-8-7-13(10-19-16)21-14-9-12-5-3-4-6-15(12)18-11-14/h3-11,17,20H,2H2,1H3/t17-/m0/s1. The van der Waals surface area contributed by atoms with E-state index in [1.165, 1.54) is 0 Å². The van der Waals surface area contributed by atoms with Crippen molar-refractivity contribution in [1.82, 2.24) is 9.97 Å². The van der Waals surface area contributed by atoms with Crippen molar-refractivity contribution in [3.05, 3.63) is 60.6 Å². The first kappa shape index (κ1) is 13.5. The Labute approximate surface area is 123 Å². The molecule has 0 aliphatic heterocycles. The zero-order chi connectivity index (χ0) is 14.7. The summed E-state index contributed by atoms with van der Waals surface area (Å²) in [5, 5.41) is 10.7. The molecule has 2 aromatic heterocycles. The monoisotopic (exact) mass is 280 g/mol. The lowest BCUT2D eigenvalue weighted by Crippen LogP contribution is -1.98. The number of para-hydroxylation sites is 1. The molecule has 1 N–H and O–H groups in total. The van der Waals surface area contributed by atoms with Crippen LogP contribution >= 0.6 is 0 Å². The molecule has 0 saturated carbocycles. The minimum Gasteiger partial charge on any atom is -0.454 e. The number of aromatic nitrogens is 2. The third-order valence-corrected chi connectivity index (χ3v) is 3.29. The first-order chi connectivity index (χ1) is 10.3. The van der Waals surface area contributed by atoms with E-state index >= 15 is 0 Å². The van der Waals surface area contributed by atoms with Gasteiger partial charge in [0, 0.05) is 5.39 Å². The van der Waals surface area contributed by atoms with E-state index in [1.54, 1.807) is 24.5 Å². The molecule has 0 saturated heterocycles. The Morgan fingerprint density at radius 3 is 2.62 bits per heavy atom. The topological polar surface area (TPSA) is 55.2 Å². The maximum absolute atomic E-state index is 9.71. The van der Waals surface area contributed by atoms with Gasteiger partial charge in [-0.1, -0.05) is 25.1 Å². The van der Waals surface area contributed by atoms with Gasteiger partial charge in [-0.3, -0.25) is 9.97 Å². The summed E-state index contributed by atoms with van der Waals surface area (Å²) in [7, 11) is 0. The predicted octanol–water partition coefficient (Wildman–Crippen LogP) is 3.87. The molecule has 0 aliphatic carbocycles. The number of nitrogens with zero attached hydrogens (tertiary/aromatic N) is 2. The van der Waals surface area contributed by atoms with Gasteiger partial charge in [0.25, 0.3) is 0 Å². The normalized spacial score (nSPS) is 12.3. The van der Waals surface area contributed by atoms with Crippen LogP contribution in [0.1, 0.15) is 25.1 Å². The summed E-state index contributed by atoms with van der Waals surface area (Å²) in [4.78, 5) is 8.56. The largest absolute Gasteiger partial charge is 0.454 e. The molecule has 3 aromatic rings. The molecule has 0 radical (unpaired) electrons.